The molecule has 1 heterocycles. The average molecular weight is 245 g/mol. The van der Waals surface area contributed by atoms with Crippen LogP contribution in [0.4, 0.5) is 8.78 Å². The zero-order valence-corrected chi connectivity index (χ0v) is 10.6. The third kappa shape index (κ3) is 2.78. The van der Waals surface area contributed by atoms with Crippen LogP contribution in [0.25, 0.3) is 0 Å². The minimum absolute atomic E-state index is 0.00240. The van der Waals surface area contributed by atoms with Crippen LogP contribution in [-0.2, 0) is 4.79 Å². The van der Waals surface area contributed by atoms with E-state index < -0.39 is 5.92 Å². The summed E-state index contributed by atoms with van der Waals surface area (Å²) in [6.07, 6.45) is 1.92. The van der Waals surface area contributed by atoms with Gasteiger partial charge in [-0.3, -0.25) is 4.79 Å². The molecule has 0 radical (unpaired) electrons. The van der Waals surface area contributed by atoms with Crippen molar-refractivity contribution in [1.29, 1.82) is 0 Å². The van der Waals surface area contributed by atoms with Crippen LogP contribution in [0.1, 0.15) is 46.0 Å². The van der Waals surface area contributed by atoms with Crippen molar-refractivity contribution in [3.05, 3.63) is 0 Å². The smallest absolute Gasteiger partial charge is 0.250 e. The van der Waals surface area contributed by atoms with Gasteiger partial charge in [0.1, 0.15) is 0 Å². The number of likely N-dealkylation sites (tertiary alicyclic amines) is 1. The van der Waals surface area contributed by atoms with E-state index in [-0.39, 0.29) is 30.7 Å². The molecule has 0 N–H and O–H groups in total. The molecule has 2 nitrogen and oxygen atoms in total. The molecule has 98 valence electrons. The summed E-state index contributed by atoms with van der Waals surface area (Å²) >= 11 is 0. The highest BCUT2D eigenvalue weighted by Crippen LogP contribution is 2.41. The lowest BCUT2D eigenvalue weighted by molar-refractivity contribution is -0.135. The van der Waals surface area contributed by atoms with Crippen LogP contribution in [0.15, 0.2) is 0 Å². The fraction of sp³-hybridized carbons (Fsp3) is 0.923. The molecule has 2 rings (SSSR count). The monoisotopic (exact) mass is 245 g/mol. The maximum Gasteiger partial charge on any atom is 0.250 e. The van der Waals surface area contributed by atoms with E-state index in [0.717, 1.165) is 12.8 Å². The first-order chi connectivity index (χ1) is 7.91. The van der Waals surface area contributed by atoms with E-state index in [0.29, 0.717) is 18.9 Å². The average Bonchev–Trinajstić information content (AvgIpc) is 2.55. The summed E-state index contributed by atoms with van der Waals surface area (Å²) in [4.78, 5) is 13.5. The Bertz CT molecular complexity index is 306. The van der Waals surface area contributed by atoms with Crippen LogP contribution >= 0.6 is 0 Å². The second-order valence-electron chi connectivity index (χ2n) is 5.78. The molecule has 3 atom stereocenters. The van der Waals surface area contributed by atoms with Gasteiger partial charge in [0.2, 0.25) is 11.8 Å². The highest BCUT2D eigenvalue weighted by molar-refractivity contribution is 5.78. The number of carbonyl (C=O) groups is 1. The van der Waals surface area contributed by atoms with Crippen LogP contribution in [0.2, 0.25) is 0 Å². The topological polar surface area (TPSA) is 20.3 Å². The predicted octanol–water partition coefficient (Wildman–Crippen LogP) is 3.07. The van der Waals surface area contributed by atoms with Gasteiger partial charge in [-0.1, -0.05) is 20.3 Å². The first-order valence-corrected chi connectivity index (χ1v) is 6.58. The standard InChI is InChI=1S/C13H21F2NO/c1-3-10-5-11(7-13(14,15)6-10)16-8-9(2)4-12(16)17/h9-11H,3-8H2,1-2H3. The Balaban J connectivity index is 2.07. The van der Waals surface area contributed by atoms with Gasteiger partial charge in [-0.2, -0.15) is 0 Å². The second kappa shape index (κ2) is 4.54. The molecule has 2 aliphatic rings. The number of hydrogen-bond donors (Lipinski definition) is 0. The number of nitrogens with zero attached hydrogens (tertiary/aromatic N) is 1. The first-order valence-electron chi connectivity index (χ1n) is 6.58. The quantitative estimate of drug-likeness (QED) is 0.732. The molecular formula is C13H21F2NO. The van der Waals surface area contributed by atoms with E-state index in [4.69, 9.17) is 0 Å². The summed E-state index contributed by atoms with van der Waals surface area (Å²) < 4.78 is 27.3. The van der Waals surface area contributed by atoms with Crippen LogP contribution in [-0.4, -0.2) is 29.3 Å². The molecule has 0 aromatic carbocycles. The van der Waals surface area contributed by atoms with E-state index in [1.54, 1.807) is 4.90 Å². The Kier molecular flexibility index (Phi) is 3.41. The molecule has 0 aromatic rings. The number of rotatable bonds is 2. The maximum atomic E-state index is 13.6. The van der Waals surface area contributed by atoms with E-state index >= 15 is 0 Å². The molecule has 1 aliphatic carbocycles. The summed E-state index contributed by atoms with van der Waals surface area (Å²) in [7, 11) is 0. The number of halogens is 2. The summed E-state index contributed by atoms with van der Waals surface area (Å²) in [5.74, 6) is -2.14. The predicted molar refractivity (Wildman–Crippen MR) is 61.9 cm³/mol. The Morgan fingerprint density at radius 1 is 1.41 bits per heavy atom. The third-order valence-electron chi connectivity index (χ3n) is 4.10. The van der Waals surface area contributed by atoms with Crippen molar-refractivity contribution in [2.24, 2.45) is 11.8 Å². The van der Waals surface area contributed by atoms with Crippen LogP contribution < -0.4 is 0 Å². The van der Waals surface area contributed by atoms with Crippen LogP contribution in [0.3, 0.4) is 0 Å². The minimum Gasteiger partial charge on any atom is -0.339 e. The Morgan fingerprint density at radius 3 is 2.65 bits per heavy atom. The van der Waals surface area contributed by atoms with Crippen molar-refractivity contribution in [1.82, 2.24) is 4.90 Å². The zero-order valence-electron chi connectivity index (χ0n) is 10.6. The molecule has 1 saturated heterocycles. The molecule has 1 aliphatic heterocycles. The van der Waals surface area contributed by atoms with Gasteiger partial charge >= 0.3 is 0 Å². The van der Waals surface area contributed by atoms with Crippen LogP contribution in [0, 0.1) is 11.8 Å². The number of amides is 1. The molecule has 3 unspecified atom stereocenters. The number of carbonyl (C=O) groups excluding carboxylic acids is 1. The van der Waals surface area contributed by atoms with Gasteiger partial charge < -0.3 is 4.90 Å². The molecule has 0 bridgehead atoms. The van der Waals surface area contributed by atoms with Gasteiger partial charge in [-0.15, -0.1) is 0 Å². The highest BCUT2D eigenvalue weighted by Gasteiger charge is 2.45. The highest BCUT2D eigenvalue weighted by atomic mass is 19.3. The maximum absolute atomic E-state index is 13.6. The Morgan fingerprint density at radius 2 is 2.12 bits per heavy atom. The second-order valence-corrected chi connectivity index (χ2v) is 5.78. The van der Waals surface area contributed by atoms with Crippen molar-refractivity contribution in [3.63, 3.8) is 0 Å². The molecule has 0 spiro atoms. The summed E-state index contributed by atoms with van der Waals surface area (Å²) in [5.41, 5.74) is 0. The first kappa shape index (κ1) is 12.8. The van der Waals surface area contributed by atoms with Crippen molar-refractivity contribution in [2.75, 3.05) is 6.54 Å². The Hall–Kier alpha value is -0.670. The van der Waals surface area contributed by atoms with Crippen molar-refractivity contribution < 1.29 is 13.6 Å². The lowest BCUT2D eigenvalue weighted by atomic mass is 9.81. The molecule has 4 heteroatoms. The van der Waals surface area contributed by atoms with Crippen LogP contribution in [0.5, 0.6) is 0 Å². The van der Waals surface area contributed by atoms with Gasteiger partial charge in [0, 0.05) is 31.8 Å². The van der Waals surface area contributed by atoms with Gasteiger partial charge in [-0.25, -0.2) is 8.78 Å². The lowest BCUT2D eigenvalue weighted by Crippen LogP contribution is -2.45. The summed E-state index contributed by atoms with van der Waals surface area (Å²) in [5, 5.41) is 0. The molecule has 1 saturated carbocycles. The van der Waals surface area contributed by atoms with Gasteiger partial charge in [0.15, 0.2) is 0 Å². The fourth-order valence-electron chi connectivity index (χ4n) is 3.22. The van der Waals surface area contributed by atoms with Gasteiger partial charge in [-0.05, 0) is 18.3 Å². The van der Waals surface area contributed by atoms with Gasteiger partial charge in [0.05, 0.1) is 0 Å². The van der Waals surface area contributed by atoms with E-state index in [9.17, 15) is 13.6 Å². The van der Waals surface area contributed by atoms with Crippen molar-refractivity contribution in [3.8, 4) is 0 Å². The lowest BCUT2D eigenvalue weighted by Gasteiger charge is -2.39. The number of alkyl halides is 2. The van der Waals surface area contributed by atoms with Gasteiger partial charge in [0.25, 0.3) is 0 Å². The summed E-state index contributed by atoms with van der Waals surface area (Å²) in [6.45, 7) is 4.63. The molecule has 0 aromatic heterocycles. The zero-order chi connectivity index (χ0) is 12.6. The Labute approximate surface area is 101 Å². The van der Waals surface area contributed by atoms with E-state index in [1.165, 1.54) is 0 Å². The molecule has 17 heavy (non-hydrogen) atoms. The molecule has 1 amide bonds. The normalized spacial score (nSPS) is 37.5. The van der Waals surface area contributed by atoms with Crippen molar-refractivity contribution in [2.45, 2.75) is 57.9 Å². The minimum atomic E-state index is -2.59. The summed E-state index contributed by atoms with van der Waals surface area (Å²) in [6, 6.07) is -0.235. The molecule has 2 fully saturated rings. The SMILES string of the molecule is CCC1CC(N2CC(C)CC2=O)CC(F)(F)C1. The van der Waals surface area contributed by atoms with E-state index in [2.05, 4.69) is 0 Å². The van der Waals surface area contributed by atoms with Crippen molar-refractivity contribution >= 4 is 5.91 Å². The number of hydrogen-bond acceptors (Lipinski definition) is 1. The largest absolute Gasteiger partial charge is 0.339 e. The van der Waals surface area contributed by atoms with E-state index in [1.807, 2.05) is 13.8 Å². The fourth-order valence-corrected chi connectivity index (χ4v) is 3.22. The third-order valence-corrected chi connectivity index (χ3v) is 4.10. The molecular weight excluding hydrogens is 224 g/mol.